The van der Waals surface area contributed by atoms with Crippen molar-refractivity contribution in [2.24, 2.45) is 0 Å². The number of benzene rings is 1. The Hall–Kier alpha value is -2.82. The molecule has 1 aromatic heterocycles. The number of aromatic amines is 1. The van der Waals surface area contributed by atoms with E-state index in [0.29, 0.717) is 6.07 Å². The predicted octanol–water partition coefficient (Wildman–Crippen LogP) is 2.02. The first-order chi connectivity index (χ1) is 12.7. The Morgan fingerprint density at radius 2 is 2.00 bits per heavy atom. The van der Waals surface area contributed by atoms with Crippen LogP contribution >= 0.6 is 11.8 Å². The number of halogens is 3. The van der Waals surface area contributed by atoms with Crippen LogP contribution in [0.3, 0.4) is 0 Å². The fraction of sp³-hybridized carbons (Fsp3) is 0.250. The zero-order valence-electron chi connectivity index (χ0n) is 14.1. The maximum absolute atomic E-state index is 13.6. The first-order valence-corrected chi connectivity index (χ1v) is 8.37. The van der Waals surface area contributed by atoms with Crippen molar-refractivity contribution in [3.63, 3.8) is 0 Å². The molecule has 0 aliphatic heterocycles. The van der Waals surface area contributed by atoms with E-state index in [-0.39, 0.29) is 17.3 Å². The van der Waals surface area contributed by atoms with Crippen LogP contribution in [0.15, 0.2) is 28.2 Å². The van der Waals surface area contributed by atoms with Crippen LogP contribution in [0.2, 0.25) is 0 Å². The zero-order valence-corrected chi connectivity index (χ0v) is 15.0. The first-order valence-electron chi connectivity index (χ1n) is 7.49. The molecule has 7 nitrogen and oxygen atoms in total. The monoisotopic (exact) mass is 401 g/mol. The zero-order chi connectivity index (χ0) is 20.1. The summed E-state index contributed by atoms with van der Waals surface area (Å²) in [5, 5.41) is 1.30. The van der Waals surface area contributed by atoms with Gasteiger partial charge in [-0.25, -0.2) is 18.2 Å². The number of carbonyl (C=O) groups is 2. The molecule has 0 radical (unpaired) electrons. The van der Waals surface area contributed by atoms with Crippen LogP contribution in [-0.2, 0) is 20.7 Å². The van der Waals surface area contributed by atoms with Gasteiger partial charge >= 0.3 is 5.97 Å². The average Bonchev–Trinajstić information content (AvgIpc) is 2.61. The lowest BCUT2D eigenvalue weighted by Crippen LogP contribution is -2.24. The third-order valence-corrected chi connectivity index (χ3v) is 4.26. The van der Waals surface area contributed by atoms with Gasteiger partial charge in [-0.3, -0.25) is 14.4 Å². The topological polar surface area (TPSA) is 101 Å². The fourth-order valence-corrected chi connectivity index (χ4v) is 2.76. The molecule has 0 saturated carbocycles. The number of nitrogens with one attached hydrogen (secondary N) is 2. The Morgan fingerprint density at radius 3 is 2.67 bits per heavy atom. The van der Waals surface area contributed by atoms with E-state index in [0.717, 1.165) is 23.9 Å². The summed E-state index contributed by atoms with van der Waals surface area (Å²) in [6.45, 7) is 1.44. The highest BCUT2D eigenvalue weighted by atomic mass is 32.2. The molecule has 1 aromatic carbocycles. The fourth-order valence-electron chi connectivity index (χ4n) is 1.93. The van der Waals surface area contributed by atoms with Crippen LogP contribution in [0.1, 0.15) is 12.6 Å². The molecule has 2 rings (SSSR count). The molecule has 1 amide bonds. The molecule has 2 aromatic rings. The summed E-state index contributed by atoms with van der Waals surface area (Å²) in [5.74, 6) is -5.92. The number of H-pyrrole nitrogens is 1. The quantitative estimate of drug-likeness (QED) is 0.332. The van der Waals surface area contributed by atoms with Gasteiger partial charge in [0.25, 0.3) is 5.56 Å². The Labute approximate surface area is 155 Å². The molecule has 144 valence electrons. The van der Waals surface area contributed by atoms with E-state index in [9.17, 15) is 27.6 Å². The normalized spacial score (nSPS) is 11.7. The summed E-state index contributed by atoms with van der Waals surface area (Å²) in [5.41, 5.74) is -0.912. The second-order valence-electron chi connectivity index (χ2n) is 5.27. The molecule has 0 saturated heterocycles. The van der Waals surface area contributed by atoms with Gasteiger partial charge in [0.1, 0.15) is 0 Å². The molecule has 11 heteroatoms. The van der Waals surface area contributed by atoms with Crippen molar-refractivity contribution in [3.8, 4) is 0 Å². The number of anilines is 1. The molecule has 0 unspecified atom stereocenters. The average molecular weight is 401 g/mol. The van der Waals surface area contributed by atoms with Crippen molar-refractivity contribution < 1.29 is 27.5 Å². The van der Waals surface area contributed by atoms with Crippen molar-refractivity contribution in [2.45, 2.75) is 23.8 Å². The summed E-state index contributed by atoms with van der Waals surface area (Å²) >= 11 is 0.826. The number of ether oxygens (including phenoxy) is 1. The number of amides is 1. The minimum Gasteiger partial charge on any atom is -0.469 e. The van der Waals surface area contributed by atoms with Gasteiger partial charge in [0.05, 0.1) is 30.2 Å². The second kappa shape index (κ2) is 8.71. The Balaban J connectivity index is 2.11. The van der Waals surface area contributed by atoms with Crippen LogP contribution < -0.4 is 10.9 Å². The number of thioether (sulfide) groups is 1. The van der Waals surface area contributed by atoms with Crippen molar-refractivity contribution in [1.82, 2.24) is 9.97 Å². The van der Waals surface area contributed by atoms with Gasteiger partial charge in [0.2, 0.25) is 5.91 Å². The van der Waals surface area contributed by atoms with Crippen molar-refractivity contribution >= 4 is 29.3 Å². The highest BCUT2D eigenvalue weighted by Crippen LogP contribution is 2.23. The summed E-state index contributed by atoms with van der Waals surface area (Å²) in [6, 6.07) is 2.68. The van der Waals surface area contributed by atoms with Crippen molar-refractivity contribution in [1.29, 1.82) is 0 Å². The minimum atomic E-state index is -1.70. The molecule has 2 N–H and O–H groups in total. The third-order valence-electron chi connectivity index (χ3n) is 3.28. The number of aromatic nitrogens is 2. The molecule has 0 spiro atoms. The van der Waals surface area contributed by atoms with Gasteiger partial charge in [0, 0.05) is 6.07 Å². The molecule has 0 aliphatic carbocycles. The summed E-state index contributed by atoms with van der Waals surface area (Å²) < 4.78 is 44.3. The van der Waals surface area contributed by atoms with Crippen LogP contribution in [0.4, 0.5) is 18.9 Å². The number of esters is 1. The van der Waals surface area contributed by atoms with Crippen LogP contribution in [-0.4, -0.2) is 34.2 Å². The molecular formula is C16H14F3N3O4S. The SMILES string of the molecule is COC(=O)Cc1cc(=O)[nH]c(S[C@@H](C)C(=O)Nc2ccc(F)c(F)c2F)n1. The number of hydrogen-bond acceptors (Lipinski definition) is 6. The first kappa shape index (κ1) is 20.5. The Kier molecular flexibility index (Phi) is 6.61. The number of hydrogen-bond donors (Lipinski definition) is 2. The smallest absolute Gasteiger partial charge is 0.311 e. The van der Waals surface area contributed by atoms with E-state index < -0.39 is 45.8 Å². The number of nitrogens with zero attached hydrogens (tertiary/aromatic N) is 1. The molecule has 27 heavy (non-hydrogen) atoms. The van der Waals surface area contributed by atoms with Gasteiger partial charge < -0.3 is 15.0 Å². The highest BCUT2D eigenvalue weighted by molar-refractivity contribution is 8.00. The highest BCUT2D eigenvalue weighted by Gasteiger charge is 2.20. The molecule has 1 atom stereocenters. The molecule has 1 heterocycles. The van der Waals surface area contributed by atoms with E-state index in [1.165, 1.54) is 14.0 Å². The lowest BCUT2D eigenvalue weighted by atomic mass is 10.2. The maximum atomic E-state index is 13.6. The van der Waals surface area contributed by atoms with Gasteiger partial charge in [0.15, 0.2) is 22.6 Å². The van der Waals surface area contributed by atoms with E-state index >= 15 is 0 Å². The second-order valence-corrected chi connectivity index (χ2v) is 6.60. The molecular weight excluding hydrogens is 387 g/mol. The lowest BCUT2D eigenvalue weighted by molar-refractivity contribution is -0.139. The third kappa shape index (κ3) is 5.33. The summed E-state index contributed by atoms with van der Waals surface area (Å²) in [6.07, 6.45) is -0.228. The maximum Gasteiger partial charge on any atom is 0.311 e. The number of methoxy groups -OCH3 is 1. The summed E-state index contributed by atoms with van der Waals surface area (Å²) in [4.78, 5) is 41.5. The Morgan fingerprint density at radius 1 is 1.30 bits per heavy atom. The van der Waals surface area contributed by atoms with Gasteiger partial charge in [-0.1, -0.05) is 11.8 Å². The van der Waals surface area contributed by atoms with Gasteiger partial charge in [-0.2, -0.15) is 0 Å². The largest absolute Gasteiger partial charge is 0.469 e. The van der Waals surface area contributed by atoms with Crippen molar-refractivity contribution in [2.75, 3.05) is 12.4 Å². The van der Waals surface area contributed by atoms with Crippen molar-refractivity contribution in [3.05, 3.63) is 51.7 Å². The summed E-state index contributed by atoms with van der Waals surface area (Å²) in [7, 11) is 1.19. The molecule has 0 bridgehead atoms. The van der Waals surface area contributed by atoms with E-state index in [4.69, 9.17) is 0 Å². The van der Waals surface area contributed by atoms with Crippen LogP contribution in [0.5, 0.6) is 0 Å². The van der Waals surface area contributed by atoms with E-state index in [2.05, 4.69) is 20.0 Å². The van der Waals surface area contributed by atoms with E-state index in [1.807, 2.05) is 0 Å². The van der Waals surface area contributed by atoms with Crippen LogP contribution in [0.25, 0.3) is 0 Å². The van der Waals surface area contributed by atoms with Gasteiger partial charge in [-0.05, 0) is 19.1 Å². The lowest BCUT2D eigenvalue weighted by Gasteiger charge is -2.12. The molecule has 0 fully saturated rings. The Bertz CT molecular complexity index is 936. The molecule has 0 aliphatic rings. The number of carbonyl (C=O) groups excluding carboxylic acids is 2. The minimum absolute atomic E-state index is 0.0508. The number of rotatable bonds is 6. The van der Waals surface area contributed by atoms with Gasteiger partial charge in [-0.15, -0.1) is 0 Å². The van der Waals surface area contributed by atoms with Crippen LogP contribution in [0, 0.1) is 17.5 Å². The standard InChI is InChI=1S/C16H14F3N3O4S/c1-7(15(25)21-10-4-3-9(17)13(18)14(10)19)27-16-20-8(5-11(23)22-16)6-12(24)26-2/h3-5,7H,6H2,1-2H3,(H,21,25)(H,20,22,23)/t7-/m0/s1. The predicted molar refractivity (Wildman–Crippen MR) is 90.8 cm³/mol. The van der Waals surface area contributed by atoms with E-state index in [1.54, 1.807) is 0 Å².